The van der Waals surface area contributed by atoms with Crippen molar-refractivity contribution in [2.75, 3.05) is 32.0 Å². The standard InChI is InChI=1S/C20H22N6O5/c1-10-7-16(26(25-10)19-21-12(3)11(2)18(27)24-19)23-20(28)22-13-8-14(29-4)17(31-6)15(9-13)30-5/h7-9H,2H2,1,3-6H3,(H2,22,23,28). The number of aliphatic imine (C=N–C) groups is 2. The van der Waals surface area contributed by atoms with Gasteiger partial charge in [0.15, 0.2) is 11.5 Å². The lowest BCUT2D eigenvalue weighted by Gasteiger charge is -2.15. The van der Waals surface area contributed by atoms with E-state index in [4.69, 9.17) is 14.2 Å². The van der Waals surface area contributed by atoms with Crippen molar-refractivity contribution in [3.63, 3.8) is 0 Å². The van der Waals surface area contributed by atoms with Crippen LogP contribution < -0.4 is 24.8 Å². The molecule has 3 amide bonds. The molecule has 2 aromatic rings. The maximum atomic E-state index is 12.6. The fraction of sp³-hybridized carbons (Fsp3) is 0.250. The van der Waals surface area contributed by atoms with Gasteiger partial charge in [0, 0.05) is 18.2 Å². The highest BCUT2D eigenvalue weighted by molar-refractivity contribution is 6.27. The predicted octanol–water partition coefficient (Wildman–Crippen LogP) is 2.62. The van der Waals surface area contributed by atoms with Crippen LogP contribution in [-0.4, -0.2) is 54.7 Å². The lowest BCUT2D eigenvalue weighted by atomic mass is 10.2. The molecule has 1 aliphatic heterocycles. The molecule has 0 fully saturated rings. The van der Waals surface area contributed by atoms with Crippen LogP contribution in [-0.2, 0) is 4.79 Å². The van der Waals surface area contributed by atoms with Crippen LogP contribution in [0.4, 0.5) is 16.3 Å². The number of hydrogen-bond donors (Lipinski definition) is 2. The summed E-state index contributed by atoms with van der Waals surface area (Å²) in [5, 5.41) is 9.63. The molecule has 1 aliphatic rings. The predicted molar refractivity (Wildman–Crippen MR) is 116 cm³/mol. The van der Waals surface area contributed by atoms with E-state index in [0.717, 1.165) is 0 Å². The van der Waals surface area contributed by atoms with Crippen molar-refractivity contribution in [1.29, 1.82) is 0 Å². The summed E-state index contributed by atoms with van der Waals surface area (Å²) < 4.78 is 17.1. The maximum Gasteiger partial charge on any atom is 0.324 e. The van der Waals surface area contributed by atoms with Gasteiger partial charge in [0.05, 0.1) is 44.0 Å². The van der Waals surface area contributed by atoms with E-state index in [1.165, 1.54) is 26.0 Å². The summed E-state index contributed by atoms with van der Waals surface area (Å²) in [6.07, 6.45) is 0. The van der Waals surface area contributed by atoms with E-state index in [1.807, 2.05) is 0 Å². The number of urea groups is 1. The Hall–Kier alpha value is -4.15. The van der Waals surface area contributed by atoms with Gasteiger partial charge in [0.2, 0.25) is 5.75 Å². The summed E-state index contributed by atoms with van der Waals surface area (Å²) in [6, 6.07) is 4.23. The van der Waals surface area contributed by atoms with Gasteiger partial charge in [-0.05, 0) is 13.8 Å². The van der Waals surface area contributed by atoms with Gasteiger partial charge in [-0.2, -0.15) is 14.8 Å². The summed E-state index contributed by atoms with van der Waals surface area (Å²) in [5.41, 5.74) is 1.64. The molecule has 31 heavy (non-hydrogen) atoms. The Kier molecular flexibility index (Phi) is 6.05. The smallest absolute Gasteiger partial charge is 0.324 e. The highest BCUT2D eigenvalue weighted by Gasteiger charge is 2.22. The van der Waals surface area contributed by atoms with Gasteiger partial charge in [-0.1, -0.05) is 6.58 Å². The van der Waals surface area contributed by atoms with Crippen LogP contribution in [0.3, 0.4) is 0 Å². The van der Waals surface area contributed by atoms with Crippen LogP contribution in [0.5, 0.6) is 17.2 Å². The van der Waals surface area contributed by atoms with Crippen molar-refractivity contribution < 1.29 is 23.8 Å². The number of ether oxygens (including phenoxy) is 3. The number of hydrogen-bond acceptors (Lipinski definition) is 7. The average molecular weight is 426 g/mol. The highest BCUT2D eigenvalue weighted by Crippen LogP contribution is 2.39. The molecule has 2 N–H and O–H groups in total. The molecule has 0 saturated carbocycles. The first-order chi connectivity index (χ1) is 14.8. The fourth-order valence-electron chi connectivity index (χ4n) is 2.82. The second-order valence-electron chi connectivity index (χ2n) is 6.47. The van der Waals surface area contributed by atoms with E-state index in [1.54, 1.807) is 32.0 Å². The third-order valence-corrected chi connectivity index (χ3v) is 4.35. The summed E-state index contributed by atoms with van der Waals surface area (Å²) in [5.74, 6) is 0.975. The van der Waals surface area contributed by atoms with Crippen LogP contribution in [0, 0.1) is 6.92 Å². The SMILES string of the molecule is C=C1C(=O)N=C(n2nc(C)cc2NC(=O)Nc2cc(OC)c(OC)c(OC)c2)N=C1C. The van der Waals surface area contributed by atoms with Gasteiger partial charge in [0.25, 0.3) is 11.9 Å². The Labute approximate surface area is 178 Å². The van der Waals surface area contributed by atoms with E-state index in [9.17, 15) is 9.59 Å². The molecule has 0 radical (unpaired) electrons. The Balaban J connectivity index is 1.85. The monoisotopic (exact) mass is 426 g/mol. The normalized spacial score (nSPS) is 13.3. The molecule has 0 atom stereocenters. The quantitative estimate of drug-likeness (QED) is 0.707. The van der Waals surface area contributed by atoms with Crippen LogP contribution in [0.15, 0.2) is 40.3 Å². The first-order valence-corrected chi connectivity index (χ1v) is 9.10. The number of nitrogens with one attached hydrogen (secondary N) is 2. The molecule has 1 aromatic heterocycles. The number of amides is 3. The lowest BCUT2D eigenvalue weighted by molar-refractivity contribution is -0.113. The number of methoxy groups -OCH3 is 3. The third kappa shape index (κ3) is 4.39. The fourth-order valence-corrected chi connectivity index (χ4v) is 2.82. The van der Waals surface area contributed by atoms with E-state index in [0.29, 0.717) is 34.3 Å². The van der Waals surface area contributed by atoms with Crippen LogP contribution >= 0.6 is 0 Å². The van der Waals surface area contributed by atoms with Crippen molar-refractivity contribution >= 4 is 35.1 Å². The van der Waals surface area contributed by atoms with Gasteiger partial charge in [-0.15, -0.1) is 0 Å². The molecule has 162 valence electrons. The molecule has 0 bridgehead atoms. The van der Waals surface area contributed by atoms with Gasteiger partial charge in [-0.3, -0.25) is 10.1 Å². The van der Waals surface area contributed by atoms with Crippen molar-refractivity contribution in [3.8, 4) is 17.2 Å². The Bertz CT molecular complexity index is 1110. The second-order valence-corrected chi connectivity index (χ2v) is 6.47. The lowest BCUT2D eigenvalue weighted by Crippen LogP contribution is -2.26. The molecule has 3 rings (SSSR count). The molecule has 1 aromatic carbocycles. The van der Waals surface area contributed by atoms with Crippen LogP contribution in [0.1, 0.15) is 12.6 Å². The maximum absolute atomic E-state index is 12.6. The number of anilines is 2. The molecular weight excluding hydrogens is 404 g/mol. The minimum Gasteiger partial charge on any atom is -0.493 e. The largest absolute Gasteiger partial charge is 0.493 e. The zero-order valence-electron chi connectivity index (χ0n) is 17.8. The van der Waals surface area contributed by atoms with E-state index in [-0.39, 0.29) is 17.4 Å². The number of benzene rings is 1. The van der Waals surface area contributed by atoms with E-state index < -0.39 is 11.9 Å². The molecular formula is C20H22N6O5. The molecule has 11 heteroatoms. The number of carbonyl (C=O) groups excluding carboxylic acids is 2. The number of nitrogens with zero attached hydrogens (tertiary/aromatic N) is 4. The van der Waals surface area contributed by atoms with Gasteiger partial charge in [0.1, 0.15) is 5.82 Å². The number of rotatable bonds is 5. The van der Waals surface area contributed by atoms with Crippen LogP contribution in [0.2, 0.25) is 0 Å². The van der Waals surface area contributed by atoms with Crippen molar-refractivity contribution in [1.82, 2.24) is 9.78 Å². The van der Waals surface area contributed by atoms with Crippen molar-refractivity contribution in [3.05, 3.63) is 36.0 Å². The topological polar surface area (TPSA) is 128 Å². The molecule has 11 nitrogen and oxygen atoms in total. The zero-order chi connectivity index (χ0) is 22.7. The number of aryl methyl sites for hydroxylation is 1. The van der Waals surface area contributed by atoms with Crippen molar-refractivity contribution in [2.24, 2.45) is 9.98 Å². The van der Waals surface area contributed by atoms with Crippen molar-refractivity contribution in [2.45, 2.75) is 13.8 Å². The first kappa shape index (κ1) is 21.6. The average Bonchev–Trinajstić information content (AvgIpc) is 3.10. The van der Waals surface area contributed by atoms with E-state index >= 15 is 0 Å². The number of aromatic nitrogens is 2. The molecule has 2 heterocycles. The summed E-state index contributed by atoms with van der Waals surface area (Å²) in [7, 11) is 4.44. The molecule has 0 aliphatic carbocycles. The summed E-state index contributed by atoms with van der Waals surface area (Å²) >= 11 is 0. The highest BCUT2D eigenvalue weighted by atomic mass is 16.5. The Morgan fingerprint density at radius 1 is 1.00 bits per heavy atom. The minimum atomic E-state index is -0.566. The Morgan fingerprint density at radius 2 is 1.65 bits per heavy atom. The zero-order valence-corrected chi connectivity index (χ0v) is 17.8. The minimum absolute atomic E-state index is 0.0334. The van der Waals surface area contributed by atoms with Gasteiger partial charge in [-0.25, -0.2) is 9.79 Å². The van der Waals surface area contributed by atoms with E-state index in [2.05, 4.69) is 32.3 Å². The second kappa shape index (κ2) is 8.69. The van der Waals surface area contributed by atoms with Crippen LogP contribution in [0.25, 0.3) is 0 Å². The third-order valence-electron chi connectivity index (χ3n) is 4.35. The summed E-state index contributed by atoms with van der Waals surface area (Å²) in [4.78, 5) is 32.8. The van der Waals surface area contributed by atoms with Gasteiger partial charge >= 0.3 is 6.03 Å². The molecule has 0 unspecified atom stereocenters. The summed E-state index contributed by atoms with van der Waals surface area (Å²) in [6.45, 7) is 7.03. The molecule has 0 saturated heterocycles. The first-order valence-electron chi connectivity index (χ1n) is 9.10. The van der Waals surface area contributed by atoms with Gasteiger partial charge < -0.3 is 19.5 Å². The number of carbonyl (C=O) groups is 2. The Morgan fingerprint density at radius 3 is 2.19 bits per heavy atom. The molecule has 0 spiro atoms.